The lowest BCUT2D eigenvalue weighted by Gasteiger charge is -2.13. The standard InChI is InChI=1S/C20H23ClN4O/c1-14-7-8-17(11-18(14)21)25-20-23-12-16(13-24-20)19(26)22-10-9-15-5-3-2-4-6-15/h5,7-8,11-13H,2-4,6,9-10H2,1H3,(H,22,26)(H,23,24,25). The average Bonchev–Trinajstić information content (AvgIpc) is 2.66. The Labute approximate surface area is 158 Å². The molecule has 1 amide bonds. The van der Waals surface area contributed by atoms with Crippen molar-refractivity contribution >= 4 is 29.1 Å². The quantitative estimate of drug-likeness (QED) is 0.716. The Morgan fingerprint density at radius 3 is 2.73 bits per heavy atom. The Bertz CT molecular complexity index is 802. The zero-order valence-electron chi connectivity index (χ0n) is 14.9. The van der Waals surface area contributed by atoms with Crippen molar-refractivity contribution in [3.63, 3.8) is 0 Å². The largest absolute Gasteiger partial charge is 0.352 e. The molecule has 1 aliphatic rings. The molecule has 3 rings (SSSR count). The minimum absolute atomic E-state index is 0.147. The second-order valence-electron chi connectivity index (χ2n) is 6.50. The summed E-state index contributed by atoms with van der Waals surface area (Å²) >= 11 is 6.11. The van der Waals surface area contributed by atoms with Gasteiger partial charge in [0.1, 0.15) is 0 Å². The summed E-state index contributed by atoms with van der Waals surface area (Å²) in [5, 5.41) is 6.69. The van der Waals surface area contributed by atoms with E-state index in [1.165, 1.54) is 30.8 Å². The van der Waals surface area contributed by atoms with Crippen LogP contribution in [0.15, 0.2) is 42.2 Å². The Morgan fingerprint density at radius 2 is 2.04 bits per heavy atom. The summed E-state index contributed by atoms with van der Waals surface area (Å²) in [6, 6.07) is 5.65. The molecule has 0 atom stereocenters. The molecule has 6 heteroatoms. The fraction of sp³-hybridized carbons (Fsp3) is 0.350. The van der Waals surface area contributed by atoms with Crippen LogP contribution in [0.3, 0.4) is 0 Å². The molecule has 0 fully saturated rings. The first kappa shape index (κ1) is 18.4. The van der Waals surface area contributed by atoms with Gasteiger partial charge in [-0.15, -0.1) is 0 Å². The molecule has 2 aromatic rings. The van der Waals surface area contributed by atoms with Gasteiger partial charge in [-0.3, -0.25) is 4.79 Å². The summed E-state index contributed by atoms with van der Waals surface area (Å²) in [6.07, 6.45) is 11.1. The van der Waals surface area contributed by atoms with E-state index in [4.69, 9.17) is 11.6 Å². The molecule has 0 unspecified atom stereocenters. The van der Waals surface area contributed by atoms with Crippen LogP contribution < -0.4 is 10.6 Å². The Balaban J connectivity index is 1.52. The Kier molecular flexibility index (Phi) is 6.23. The SMILES string of the molecule is Cc1ccc(Nc2ncc(C(=O)NCCC3=CCCCC3)cn2)cc1Cl. The maximum absolute atomic E-state index is 12.2. The van der Waals surface area contributed by atoms with Gasteiger partial charge >= 0.3 is 0 Å². The second kappa shape index (κ2) is 8.81. The summed E-state index contributed by atoms with van der Waals surface area (Å²) in [7, 11) is 0. The van der Waals surface area contributed by atoms with Crippen LogP contribution in [0.4, 0.5) is 11.6 Å². The summed E-state index contributed by atoms with van der Waals surface area (Å²) in [5.74, 6) is 0.278. The van der Waals surface area contributed by atoms with Crippen LogP contribution in [0.2, 0.25) is 5.02 Å². The first-order valence-electron chi connectivity index (χ1n) is 8.93. The highest BCUT2D eigenvalue weighted by atomic mass is 35.5. The number of nitrogens with one attached hydrogen (secondary N) is 2. The summed E-state index contributed by atoms with van der Waals surface area (Å²) in [4.78, 5) is 20.6. The first-order chi connectivity index (χ1) is 12.6. The van der Waals surface area contributed by atoms with E-state index in [2.05, 4.69) is 26.7 Å². The zero-order chi connectivity index (χ0) is 18.4. The number of halogens is 1. The van der Waals surface area contributed by atoms with Gasteiger partial charge in [0.2, 0.25) is 5.95 Å². The molecule has 0 bridgehead atoms. The van der Waals surface area contributed by atoms with E-state index in [1.807, 2.05) is 25.1 Å². The Hall–Kier alpha value is -2.40. The van der Waals surface area contributed by atoms with Gasteiger partial charge in [0, 0.05) is 29.6 Å². The number of hydrogen-bond acceptors (Lipinski definition) is 4. The maximum Gasteiger partial charge on any atom is 0.254 e. The van der Waals surface area contributed by atoms with Crippen LogP contribution in [-0.4, -0.2) is 22.4 Å². The molecule has 1 aliphatic carbocycles. The highest BCUT2D eigenvalue weighted by Crippen LogP contribution is 2.22. The summed E-state index contributed by atoms with van der Waals surface area (Å²) < 4.78 is 0. The zero-order valence-corrected chi connectivity index (χ0v) is 15.6. The predicted octanol–water partition coefficient (Wildman–Crippen LogP) is 4.80. The lowest BCUT2D eigenvalue weighted by atomic mass is 9.97. The van der Waals surface area contributed by atoms with Crippen molar-refractivity contribution < 1.29 is 4.79 Å². The Morgan fingerprint density at radius 1 is 1.23 bits per heavy atom. The molecular formula is C20H23ClN4O. The molecule has 26 heavy (non-hydrogen) atoms. The van der Waals surface area contributed by atoms with E-state index in [-0.39, 0.29) is 5.91 Å². The third kappa shape index (κ3) is 5.05. The number of amides is 1. The van der Waals surface area contributed by atoms with E-state index in [1.54, 1.807) is 0 Å². The number of aromatic nitrogens is 2. The highest BCUT2D eigenvalue weighted by Gasteiger charge is 2.09. The van der Waals surface area contributed by atoms with Crippen LogP contribution in [0.5, 0.6) is 0 Å². The molecule has 1 aromatic heterocycles. The predicted molar refractivity (Wildman–Crippen MR) is 105 cm³/mol. The molecule has 2 N–H and O–H groups in total. The van der Waals surface area contributed by atoms with E-state index in [9.17, 15) is 4.79 Å². The van der Waals surface area contributed by atoms with Crippen molar-refractivity contribution in [1.82, 2.24) is 15.3 Å². The lowest BCUT2D eigenvalue weighted by molar-refractivity contribution is 0.0953. The minimum Gasteiger partial charge on any atom is -0.352 e. The fourth-order valence-corrected chi connectivity index (χ4v) is 3.06. The van der Waals surface area contributed by atoms with Crippen molar-refractivity contribution in [2.75, 3.05) is 11.9 Å². The molecule has 0 spiro atoms. The lowest BCUT2D eigenvalue weighted by Crippen LogP contribution is -2.25. The molecule has 5 nitrogen and oxygen atoms in total. The third-order valence-electron chi connectivity index (χ3n) is 4.46. The van der Waals surface area contributed by atoms with E-state index in [0.717, 1.165) is 30.5 Å². The maximum atomic E-state index is 12.2. The number of anilines is 2. The number of benzene rings is 1. The van der Waals surface area contributed by atoms with E-state index >= 15 is 0 Å². The fourth-order valence-electron chi connectivity index (χ4n) is 2.88. The van der Waals surface area contributed by atoms with Gasteiger partial charge in [-0.25, -0.2) is 9.97 Å². The molecule has 136 valence electrons. The van der Waals surface area contributed by atoms with E-state index in [0.29, 0.717) is 23.1 Å². The van der Waals surface area contributed by atoms with Crippen molar-refractivity contribution in [3.05, 3.63) is 58.4 Å². The number of aryl methyl sites for hydroxylation is 1. The van der Waals surface area contributed by atoms with Crippen molar-refractivity contribution in [2.45, 2.75) is 39.0 Å². The van der Waals surface area contributed by atoms with Gasteiger partial charge < -0.3 is 10.6 Å². The highest BCUT2D eigenvalue weighted by molar-refractivity contribution is 6.31. The topological polar surface area (TPSA) is 66.9 Å². The molecule has 1 aromatic carbocycles. The number of nitrogens with zero attached hydrogens (tertiary/aromatic N) is 2. The molecule has 0 saturated carbocycles. The van der Waals surface area contributed by atoms with Crippen LogP contribution >= 0.6 is 11.6 Å². The van der Waals surface area contributed by atoms with Crippen molar-refractivity contribution in [1.29, 1.82) is 0 Å². The van der Waals surface area contributed by atoms with Crippen LogP contribution in [0.1, 0.15) is 48.0 Å². The number of carbonyl (C=O) groups excluding carboxylic acids is 1. The normalized spacial score (nSPS) is 13.8. The smallest absolute Gasteiger partial charge is 0.254 e. The number of hydrogen-bond donors (Lipinski definition) is 2. The number of carbonyl (C=O) groups is 1. The number of allylic oxidation sites excluding steroid dienone is 1. The van der Waals surface area contributed by atoms with Crippen molar-refractivity contribution in [2.24, 2.45) is 0 Å². The van der Waals surface area contributed by atoms with Gasteiger partial charge in [-0.2, -0.15) is 0 Å². The third-order valence-corrected chi connectivity index (χ3v) is 4.87. The average molecular weight is 371 g/mol. The van der Waals surface area contributed by atoms with E-state index < -0.39 is 0 Å². The second-order valence-corrected chi connectivity index (χ2v) is 6.91. The molecular weight excluding hydrogens is 348 g/mol. The van der Waals surface area contributed by atoms with Crippen LogP contribution in [0.25, 0.3) is 0 Å². The van der Waals surface area contributed by atoms with Crippen LogP contribution in [-0.2, 0) is 0 Å². The van der Waals surface area contributed by atoms with Gasteiger partial charge in [-0.05, 0) is 56.7 Å². The summed E-state index contributed by atoms with van der Waals surface area (Å²) in [5.41, 5.74) is 3.71. The van der Waals surface area contributed by atoms with Crippen molar-refractivity contribution in [3.8, 4) is 0 Å². The summed E-state index contributed by atoms with van der Waals surface area (Å²) in [6.45, 7) is 2.59. The van der Waals surface area contributed by atoms with Gasteiger partial charge in [0.25, 0.3) is 5.91 Å². The molecule has 1 heterocycles. The molecule has 0 radical (unpaired) electrons. The van der Waals surface area contributed by atoms with Crippen LogP contribution in [0, 0.1) is 6.92 Å². The molecule has 0 saturated heterocycles. The minimum atomic E-state index is -0.147. The van der Waals surface area contributed by atoms with Gasteiger partial charge in [0.15, 0.2) is 0 Å². The van der Waals surface area contributed by atoms with Gasteiger partial charge in [-0.1, -0.05) is 29.3 Å². The molecule has 0 aliphatic heterocycles. The first-order valence-corrected chi connectivity index (χ1v) is 9.31. The van der Waals surface area contributed by atoms with Gasteiger partial charge in [0.05, 0.1) is 5.56 Å². The number of rotatable bonds is 6. The monoisotopic (exact) mass is 370 g/mol.